The van der Waals surface area contributed by atoms with E-state index >= 15 is 0 Å². The number of H-pyrrole nitrogens is 4. The number of hydrogen-bond donors (Lipinski definition) is 9. The summed E-state index contributed by atoms with van der Waals surface area (Å²) in [5, 5.41) is 97.4. The summed E-state index contributed by atoms with van der Waals surface area (Å²) in [6.45, 7) is 11.2. The molecule has 0 unspecified atom stereocenters. The lowest BCUT2D eigenvalue weighted by Crippen LogP contribution is -2.47. The van der Waals surface area contributed by atoms with Crippen LogP contribution in [0.15, 0.2) is 97.1 Å². The Labute approximate surface area is 713 Å². The highest BCUT2D eigenvalue weighted by Crippen LogP contribution is 2.50. The maximum Gasteiger partial charge on any atom is 0.311 e. The minimum atomic E-state index is -0.795. The Morgan fingerprint density at radius 1 is 0.393 bits per heavy atom. The number of hydrogen-bond acceptors (Lipinski definition) is 24. The van der Waals surface area contributed by atoms with E-state index in [0.717, 1.165) is 122 Å². The first-order valence-electron chi connectivity index (χ1n) is 43.6. The molecule has 28 heteroatoms. The van der Waals surface area contributed by atoms with Gasteiger partial charge in [-0.05, 0) is 217 Å². The maximum absolute atomic E-state index is 12.7. The van der Waals surface area contributed by atoms with Crippen molar-refractivity contribution in [3.63, 3.8) is 0 Å². The van der Waals surface area contributed by atoms with E-state index in [4.69, 9.17) is 33.2 Å². The SMILES string of the molecule is CCO[C@@H]1C[C@H]2[C@@H](CC[C@H](O)[C@@H]2C(=O)OC)CN(C#N)CCc2c1[nH]c1ccccc21.COC(=O)[C@@H]1[C@H]2C[C@@H](O)c3[nH]c4ccccc4c3CCN(C#N)C[C@@H]2CC[C@@H]1O.COC(=O)[C@@H]1[C@H]2C[C@@H](OC(C)C)c3[nH]c4ccccc4c3CCN(C#N)C[C@@H]2CC[C@@H]1O.COC(=O)[C@@H]1[C@H]2C[C@@H](OC)c3[nH]c4ccccc4c3CCN(C#N)C[C@@H]2CC[C@@H]1O. The number of nitriles is 4. The fourth-order valence-electron chi connectivity index (χ4n) is 22.0. The van der Waals surface area contributed by atoms with Gasteiger partial charge in [-0.15, -0.1) is 0 Å². The number of aliphatic hydroxyl groups is 5. The van der Waals surface area contributed by atoms with E-state index in [-0.39, 0.29) is 89.7 Å². The molecule has 4 fully saturated rings. The van der Waals surface area contributed by atoms with Gasteiger partial charge >= 0.3 is 23.9 Å². The predicted molar refractivity (Wildman–Crippen MR) is 454 cm³/mol. The number of aromatic nitrogens is 4. The molecule has 0 amide bonds. The number of ether oxygens (including phenoxy) is 7. The van der Waals surface area contributed by atoms with Crippen molar-refractivity contribution in [2.24, 2.45) is 71.0 Å². The summed E-state index contributed by atoms with van der Waals surface area (Å²) in [5.41, 5.74) is 12.4. The molecular weight excluding hydrogens is 1550 g/mol. The van der Waals surface area contributed by atoms with Gasteiger partial charge in [-0.2, -0.15) is 21.0 Å². The zero-order chi connectivity index (χ0) is 86.6. The van der Waals surface area contributed by atoms with E-state index in [1.807, 2.05) is 87.5 Å². The van der Waals surface area contributed by atoms with E-state index in [1.165, 1.54) is 34.0 Å². The lowest BCUT2D eigenvalue weighted by atomic mass is 9.67. The Kier molecular flexibility index (Phi) is 30.0. The van der Waals surface area contributed by atoms with E-state index in [1.54, 1.807) is 26.7 Å². The molecule has 0 saturated heterocycles. The summed E-state index contributed by atoms with van der Waals surface area (Å²) in [6.07, 6.45) is 14.9. The largest absolute Gasteiger partial charge is 0.469 e. The lowest BCUT2D eigenvalue weighted by Gasteiger charge is -2.43. The quantitative estimate of drug-likeness (QED) is 0.0368. The molecule has 20 atom stereocenters. The molecule has 0 bridgehead atoms. The number of aromatic amines is 4. The molecule has 4 aromatic carbocycles. The second-order valence-corrected chi connectivity index (χ2v) is 34.7. The van der Waals surface area contributed by atoms with Crippen LogP contribution >= 0.6 is 0 Å². The number of esters is 4. The fraction of sp³-hybridized carbons (Fsp3) is 0.574. The van der Waals surface area contributed by atoms with E-state index in [2.05, 4.69) is 75.0 Å². The van der Waals surface area contributed by atoms with Gasteiger partial charge in [0.25, 0.3) is 0 Å². The topological polar surface area (TPSA) is 405 Å². The van der Waals surface area contributed by atoms with Crippen LogP contribution in [0.1, 0.15) is 167 Å². The minimum Gasteiger partial charge on any atom is -0.469 e. The van der Waals surface area contributed by atoms with Crippen LogP contribution in [0, 0.1) is 117 Å². The van der Waals surface area contributed by atoms with Gasteiger partial charge in [0.2, 0.25) is 0 Å². The highest BCUT2D eigenvalue weighted by atomic mass is 16.5. The molecule has 28 nitrogen and oxygen atoms in total. The molecule has 16 rings (SSSR count). The number of methoxy groups -OCH3 is 5. The van der Waals surface area contributed by atoms with E-state index in [0.29, 0.717) is 123 Å². The summed E-state index contributed by atoms with van der Waals surface area (Å²) in [5.74, 6) is -4.47. The van der Waals surface area contributed by atoms with Gasteiger partial charge in [0.1, 0.15) is 0 Å². The molecule has 4 saturated carbocycles. The summed E-state index contributed by atoms with van der Waals surface area (Å²) in [7, 11) is 7.13. The number of benzene rings is 4. The number of nitrogens with zero attached hydrogens (tertiary/aromatic N) is 8. The van der Waals surface area contributed by atoms with Crippen molar-refractivity contribution in [1.82, 2.24) is 39.5 Å². The van der Waals surface area contributed by atoms with Gasteiger partial charge in [0, 0.05) is 132 Å². The summed E-state index contributed by atoms with van der Waals surface area (Å²) in [6, 6.07) is 32.4. The van der Waals surface area contributed by atoms with Crippen LogP contribution in [-0.2, 0) is 78.0 Å². The van der Waals surface area contributed by atoms with Crippen molar-refractivity contribution < 1.29 is 77.9 Å². The van der Waals surface area contributed by atoms with Crippen molar-refractivity contribution in [2.75, 3.05) is 94.5 Å². The number of para-hydroxylation sites is 4. The first-order valence-corrected chi connectivity index (χ1v) is 43.6. The fourth-order valence-corrected chi connectivity index (χ4v) is 22.0. The van der Waals surface area contributed by atoms with Crippen LogP contribution in [-0.4, -0.2) is 214 Å². The third-order valence-corrected chi connectivity index (χ3v) is 27.8. The van der Waals surface area contributed by atoms with Crippen LogP contribution < -0.4 is 0 Å². The van der Waals surface area contributed by atoms with Crippen molar-refractivity contribution >= 4 is 67.5 Å². The molecule has 9 N–H and O–H groups in total. The second kappa shape index (κ2) is 40.8. The average molecular weight is 1670 g/mol. The Balaban J connectivity index is 0.000000140. The number of aliphatic hydroxyl groups excluding tert-OH is 5. The Bertz CT molecular complexity index is 5090. The molecular formula is C94H120N12O16. The van der Waals surface area contributed by atoms with Gasteiger partial charge in [-0.25, -0.2) is 0 Å². The predicted octanol–water partition coefficient (Wildman–Crippen LogP) is 11.6. The first kappa shape index (κ1) is 89.5. The van der Waals surface area contributed by atoms with Crippen LogP contribution in [0.4, 0.5) is 0 Å². The van der Waals surface area contributed by atoms with Gasteiger partial charge in [0.05, 0.1) is 107 Å². The zero-order valence-corrected chi connectivity index (χ0v) is 71.3. The van der Waals surface area contributed by atoms with Crippen molar-refractivity contribution in [2.45, 2.75) is 178 Å². The van der Waals surface area contributed by atoms with E-state index < -0.39 is 60.2 Å². The Hall–Kier alpha value is -10.2. The van der Waals surface area contributed by atoms with Crippen LogP contribution in [0.2, 0.25) is 0 Å². The third kappa shape index (κ3) is 19.4. The van der Waals surface area contributed by atoms with Crippen LogP contribution in [0.5, 0.6) is 0 Å². The molecule has 8 aromatic rings. The smallest absolute Gasteiger partial charge is 0.311 e. The summed E-state index contributed by atoms with van der Waals surface area (Å²) < 4.78 is 38.8. The molecule has 122 heavy (non-hydrogen) atoms. The normalized spacial score (nSPS) is 29.3. The van der Waals surface area contributed by atoms with Crippen molar-refractivity contribution in [3.8, 4) is 24.8 Å². The van der Waals surface area contributed by atoms with Gasteiger partial charge in [-0.1, -0.05) is 72.8 Å². The maximum atomic E-state index is 12.7. The molecule has 0 spiro atoms. The van der Waals surface area contributed by atoms with Crippen LogP contribution in [0.25, 0.3) is 43.6 Å². The molecule has 4 aliphatic carbocycles. The third-order valence-electron chi connectivity index (χ3n) is 27.8. The Morgan fingerprint density at radius 2 is 0.664 bits per heavy atom. The molecule has 8 heterocycles. The second-order valence-electron chi connectivity index (χ2n) is 34.7. The monoisotopic (exact) mass is 1670 g/mol. The first-order chi connectivity index (χ1) is 59.1. The number of carbonyl (C=O) groups excluding carboxylic acids is 4. The lowest BCUT2D eigenvalue weighted by molar-refractivity contribution is -0.159. The van der Waals surface area contributed by atoms with Gasteiger partial charge < -0.3 is 98.2 Å². The van der Waals surface area contributed by atoms with E-state index in [9.17, 15) is 65.8 Å². The summed E-state index contributed by atoms with van der Waals surface area (Å²) in [4.78, 5) is 71.7. The van der Waals surface area contributed by atoms with Gasteiger partial charge in [-0.3, -0.25) is 19.2 Å². The van der Waals surface area contributed by atoms with Crippen molar-refractivity contribution in [1.29, 1.82) is 21.0 Å². The standard InChI is InChI=1S/C25H33N3O4.C24H31N3O4.C23H29N3O4.C22H27N3O4/c1-15(2)32-22-12-19-16(8-9-21(29)23(19)25(30)31-3)13-28(14-26)11-10-18-17-6-4-5-7-20(17)27-24(18)22;1-3-31-21-12-18-15(8-9-20(28)22(18)24(29)30-2)13-27(14-25)11-10-17-16-6-4-5-7-19(16)26-23(17)21;1-29-20-11-17-14(7-8-19(27)21(17)23(28)30-2)12-26(13-24)10-9-16-15-5-3-4-6-18(15)25-22(16)20;1-29-22(28)20-16-10-19(27)21-15(14-4-2-3-5-17(14)24-21)8-9-25(12-23)11-13(16)6-7-18(20)26/h4-7,15-16,19,21-23,27,29H,8-13H2,1-3H3;4-7,15,18,20-22,26,28H,3,8-13H2,1-2H3;3-6,14,17,19-21,25,27H,7-12H2,1-2H3;2-5,13,16,18-20,24,26-27H,6-11H2,1H3/t16-,19-,21-,22+,23+;15-,18-,20-,21+,22+;14-,17-,19-,20+,21+;13-,16-,18-,19+,20+/m0000/s1. The molecule has 4 aliphatic heterocycles. The Morgan fingerprint density at radius 3 is 0.959 bits per heavy atom. The molecule has 0 radical (unpaired) electrons. The number of rotatable bonds is 9. The van der Waals surface area contributed by atoms with Crippen molar-refractivity contribution in [3.05, 3.63) is 142 Å². The number of nitrogens with one attached hydrogen (secondary N) is 4. The minimum absolute atomic E-state index is 0.00125. The average Bonchev–Trinajstić information content (AvgIpc) is 1.55. The van der Waals surface area contributed by atoms with Crippen LogP contribution in [0.3, 0.4) is 0 Å². The number of carbonyl (C=O) groups is 4. The highest BCUT2D eigenvalue weighted by Gasteiger charge is 2.51. The molecule has 652 valence electrons. The molecule has 4 aromatic heterocycles. The van der Waals surface area contributed by atoms with Gasteiger partial charge in [0.15, 0.2) is 24.8 Å². The zero-order valence-electron chi connectivity index (χ0n) is 71.3. The number of fused-ring (bicyclic) bond motifs is 16. The summed E-state index contributed by atoms with van der Waals surface area (Å²) >= 11 is 0. The molecule has 8 aliphatic rings. The highest BCUT2D eigenvalue weighted by molar-refractivity contribution is 5.88.